The lowest BCUT2D eigenvalue weighted by Gasteiger charge is -2.31. The van der Waals surface area contributed by atoms with Crippen molar-refractivity contribution >= 4 is 50.1 Å². The van der Waals surface area contributed by atoms with Gasteiger partial charge in [0.2, 0.25) is 21.8 Å². The van der Waals surface area contributed by atoms with E-state index in [4.69, 9.17) is 0 Å². The summed E-state index contributed by atoms with van der Waals surface area (Å²) in [5.41, 5.74) is 0.561. The van der Waals surface area contributed by atoms with Gasteiger partial charge in [0.1, 0.15) is 18.4 Å². The number of nitrogens with zero attached hydrogens (tertiary/aromatic N) is 2. The van der Waals surface area contributed by atoms with Crippen LogP contribution in [0.3, 0.4) is 0 Å². The van der Waals surface area contributed by atoms with Gasteiger partial charge in [-0.1, -0.05) is 25.1 Å². The molecular formula is C22H27FIN3O4S. The minimum Gasteiger partial charge on any atom is -0.354 e. The van der Waals surface area contributed by atoms with Gasteiger partial charge in [-0.15, -0.1) is 0 Å². The van der Waals surface area contributed by atoms with Gasteiger partial charge >= 0.3 is 0 Å². The summed E-state index contributed by atoms with van der Waals surface area (Å²) in [5, 5.41) is 2.73. The minimum atomic E-state index is -3.79. The number of hydrogen-bond acceptors (Lipinski definition) is 4. The van der Waals surface area contributed by atoms with Crippen LogP contribution in [0.25, 0.3) is 0 Å². The van der Waals surface area contributed by atoms with Gasteiger partial charge in [0.05, 0.1) is 11.9 Å². The molecular weight excluding hydrogens is 548 g/mol. The number of carbonyl (C=O) groups is 2. The summed E-state index contributed by atoms with van der Waals surface area (Å²) < 4.78 is 41.1. The van der Waals surface area contributed by atoms with Crippen molar-refractivity contribution in [3.63, 3.8) is 0 Å². The summed E-state index contributed by atoms with van der Waals surface area (Å²) in [4.78, 5) is 27.1. The van der Waals surface area contributed by atoms with Crippen molar-refractivity contribution in [1.29, 1.82) is 0 Å². The number of benzene rings is 2. The second-order valence-electron chi connectivity index (χ2n) is 7.33. The Morgan fingerprint density at radius 2 is 1.75 bits per heavy atom. The molecule has 2 aromatic rings. The highest BCUT2D eigenvalue weighted by molar-refractivity contribution is 14.1. The maximum atomic E-state index is 14.3. The van der Waals surface area contributed by atoms with E-state index in [0.29, 0.717) is 18.7 Å². The SMILES string of the molecule is CCCNC(=O)[C@@H](C)N(Cc1ccccc1F)C(=O)CN(c1ccc(I)cc1)S(C)(=O)=O. The summed E-state index contributed by atoms with van der Waals surface area (Å²) in [6.45, 7) is 3.19. The van der Waals surface area contributed by atoms with Crippen LogP contribution in [0.2, 0.25) is 0 Å². The topological polar surface area (TPSA) is 86.8 Å². The predicted molar refractivity (Wildman–Crippen MR) is 131 cm³/mol. The molecule has 0 saturated carbocycles. The molecule has 0 aromatic heterocycles. The van der Waals surface area contributed by atoms with Crippen LogP contribution in [0.5, 0.6) is 0 Å². The summed E-state index contributed by atoms with van der Waals surface area (Å²) >= 11 is 2.10. The van der Waals surface area contributed by atoms with Crippen LogP contribution < -0.4 is 9.62 Å². The summed E-state index contributed by atoms with van der Waals surface area (Å²) in [6.07, 6.45) is 1.73. The first-order valence-electron chi connectivity index (χ1n) is 10.1. The van der Waals surface area contributed by atoms with Gasteiger partial charge in [-0.05, 0) is 66.3 Å². The van der Waals surface area contributed by atoms with Crippen molar-refractivity contribution in [2.45, 2.75) is 32.9 Å². The van der Waals surface area contributed by atoms with Gasteiger partial charge in [0, 0.05) is 22.2 Å². The molecule has 0 heterocycles. The van der Waals surface area contributed by atoms with Crippen molar-refractivity contribution in [2.24, 2.45) is 0 Å². The number of nitrogens with one attached hydrogen (secondary N) is 1. The Balaban J connectivity index is 2.37. The first-order chi connectivity index (χ1) is 15.0. The standard InChI is InChI=1S/C22H27FIN3O4S/c1-4-13-25-22(29)16(2)26(14-17-7-5-6-8-20(17)23)21(28)15-27(32(3,30)31)19-11-9-18(24)10-12-19/h5-12,16H,4,13-15H2,1-3H3,(H,25,29)/t16-/m1/s1. The Bertz CT molecular complexity index is 1050. The fourth-order valence-electron chi connectivity index (χ4n) is 3.01. The van der Waals surface area contributed by atoms with Crippen LogP contribution in [-0.4, -0.2) is 50.5 Å². The molecule has 0 radical (unpaired) electrons. The van der Waals surface area contributed by atoms with Crippen LogP contribution in [0.4, 0.5) is 10.1 Å². The van der Waals surface area contributed by atoms with Crippen LogP contribution in [0.15, 0.2) is 48.5 Å². The normalized spacial score (nSPS) is 12.2. The molecule has 2 amide bonds. The Hall–Kier alpha value is -2.21. The molecule has 1 atom stereocenters. The molecule has 0 unspecified atom stereocenters. The second-order valence-corrected chi connectivity index (χ2v) is 10.5. The van der Waals surface area contributed by atoms with E-state index in [0.717, 1.165) is 14.1 Å². The van der Waals surface area contributed by atoms with Gasteiger partial charge in [-0.25, -0.2) is 12.8 Å². The highest BCUT2D eigenvalue weighted by atomic mass is 127. The summed E-state index contributed by atoms with van der Waals surface area (Å²) in [5.74, 6) is -1.52. The lowest BCUT2D eigenvalue weighted by atomic mass is 10.1. The zero-order valence-electron chi connectivity index (χ0n) is 18.2. The third kappa shape index (κ3) is 7.16. The molecule has 32 heavy (non-hydrogen) atoms. The van der Waals surface area contributed by atoms with Crippen LogP contribution in [0, 0.1) is 9.39 Å². The number of rotatable bonds is 10. The maximum absolute atomic E-state index is 14.3. The first-order valence-corrected chi connectivity index (χ1v) is 13.0. The number of hydrogen-bond donors (Lipinski definition) is 1. The molecule has 2 aromatic carbocycles. The molecule has 0 fully saturated rings. The molecule has 0 aliphatic heterocycles. The third-order valence-corrected chi connectivity index (χ3v) is 6.67. The number of carbonyl (C=O) groups excluding carboxylic acids is 2. The Kier molecular flexibility index (Phi) is 9.44. The zero-order valence-corrected chi connectivity index (χ0v) is 21.2. The number of halogens is 2. The molecule has 174 valence electrons. The van der Waals surface area contributed by atoms with E-state index in [1.54, 1.807) is 37.3 Å². The number of anilines is 1. The molecule has 0 bridgehead atoms. The Morgan fingerprint density at radius 1 is 1.12 bits per heavy atom. The van der Waals surface area contributed by atoms with E-state index in [1.807, 2.05) is 6.92 Å². The molecule has 7 nitrogen and oxygen atoms in total. The first kappa shape index (κ1) is 26.0. The van der Waals surface area contributed by atoms with E-state index < -0.39 is 40.2 Å². The lowest BCUT2D eigenvalue weighted by molar-refractivity contribution is -0.139. The van der Waals surface area contributed by atoms with E-state index >= 15 is 0 Å². The molecule has 0 aliphatic carbocycles. The smallest absolute Gasteiger partial charge is 0.244 e. The summed E-state index contributed by atoms with van der Waals surface area (Å²) in [6, 6.07) is 11.7. The van der Waals surface area contributed by atoms with Crippen molar-refractivity contribution < 1.29 is 22.4 Å². The lowest BCUT2D eigenvalue weighted by Crippen LogP contribution is -2.51. The summed E-state index contributed by atoms with van der Waals surface area (Å²) in [7, 11) is -3.79. The van der Waals surface area contributed by atoms with Crippen LogP contribution in [0.1, 0.15) is 25.8 Å². The molecule has 0 aliphatic rings. The van der Waals surface area contributed by atoms with Crippen molar-refractivity contribution in [3.8, 4) is 0 Å². The highest BCUT2D eigenvalue weighted by Gasteiger charge is 2.30. The van der Waals surface area contributed by atoms with E-state index in [-0.39, 0.29) is 12.1 Å². The molecule has 1 N–H and O–H groups in total. The largest absolute Gasteiger partial charge is 0.354 e. The average Bonchev–Trinajstić information content (AvgIpc) is 2.74. The van der Waals surface area contributed by atoms with Gasteiger partial charge in [0.25, 0.3) is 0 Å². The molecule has 0 saturated heterocycles. The minimum absolute atomic E-state index is 0.170. The average molecular weight is 575 g/mol. The van der Waals surface area contributed by atoms with Crippen molar-refractivity contribution in [1.82, 2.24) is 10.2 Å². The van der Waals surface area contributed by atoms with E-state index in [9.17, 15) is 22.4 Å². The van der Waals surface area contributed by atoms with Crippen molar-refractivity contribution in [3.05, 3.63) is 63.5 Å². The number of sulfonamides is 1. The highest BCUT2D eigenvalue weighted by Crippen LogP contribution is 2.21. The maximum Gasteiger partial charge on any atom is 0.244 e. The monoisotopic (exact) mass is 575 g/mol. The van der Waals surface area contributed by atoms with E-state index in [1.165, 1.54) is 23.1 Å². The quantitative estimate of drug-likeness (QED) is 0.442. The number of amides is 2. The molecule has 2 rings (SSSR count). The zero-order chi connectivity index (χ0) is 23.9. The van der Waals surface area contributed by atoms with Crippen LogP contribution in [-0.2, 0) is 26.2 Å². The van der Waals surface area contributed by atoms with Gasteiger partial charge < -0.3 is 10.2 Å². The second kappa shape index (κ2) is 11.6. The Morgan fingerprint density at radius 3 is 2.31 bits per heavy atom. The molecule has 0 spiro atoms. The van der Waals surface area contributed by atoms with Gasteiger partial charge in [0.15, 0.2) is 0 Å². The fourth-order valence-corrected chi connectivity index (χ4v) is 4.22. The fraction of sp³-hybridized carbons (Fsp3) is 0.364. The van der Waals surface area contributed by atoms with Crippen molar-refractivity contribution in [2.75, 3.05) is 23.7 Å². The Labute approximate surface area is 202 Å². The van der Waals surface area contributed by atoms with Gasteiger partial charge in [-0.2, -0.15) is 0 Å². The van der Waals surface area contributed by atoms with Gasteiger partial charge in [-0.3, -0.25) is 13.9 Å². The van der Waals surface area contributed by atoms with E-state index in [2.05, 4.69) is 27.9 Å². The van der Waals surface area contributed by atoms with Crippen LogP contribution >= 0.6 is 22.6 Å². The third-order valence-electron chi connectivity index (χ3n) is 4.81. The predicted octanol–water partition coefficient (Wildman–Crippen LogP) is 3.14. The molecule has 10 heteroatoms.